The minimum Gasteiger partial charge on any atom is -0.355 e. The van der Waals surface area contributed by atoms with Gasteiger partial charge in [0.1, 0.15) is 4.90 Å². The number of hydrogen-bond acceptors (Lipinski definition) is 4. The molecular weight excluding hydrogens is 438 g/mol. The molecule has 1 unspecified atom stereocenters. The highest BCUT2D eigenvalue weighted by molar-refractivity contribution is 7.89. The van der Waals surface area contributed by atoms with E-state index >= 15 is 0 Å². The molecule has 7 nitrogen and oxygen atoms in total. The molecule has 0 saturated carbocycles. The molecule has 2 amide bonds. The molecular formula is C22H26ClN3O4S. The molecule has 9 heteroatoms. The van der Waals surface area contributed by atoms with E-state index in [1.807, 2.05) is 6.92 Å². The van der Waals surface area contributed by atoms with E-state index in [0.29, 0.717) is 29.9 Å². The summed E-state index contributed by atoms with van der Waals surface area (Å²) in [5.74, 6) is -0.596. The van der Waals surface area contributed by atoms with Crippen molar-refractivity contribution in [3.63, 3.8) is 0 Å². The molecule has 0 spiro atoms. The first-order valence-electron chi connectivity index (χ1n) is 10.1. The molecule has 3 rings (SSSR count). The Morgan fingerprint density at radius 3 is 2.58 bits per heavy atom. The maximum atomic E-state index is 13.2. The standard InChI is InChI=1S/C22H26ClN3O4S/c1-14-6-5-11-26(13-14)31(29,30)19-12-16(9-10-17(19)23)21(27)25-18-8-4-7-15(2)20(18)22(28)24-3/h4,7-10,12,14H,5-6,11,13H2,1-3H3,(H,24,28)(H,25,27). The number of sulfonamides is 1. The SMILES string of the molecule is CNC(=O)c1c(C)cccc1NC(=O)c1ccc(Cl)c(S(=O)(=O)N2CCCC(C)C2)c1. The number of rotatable bonds is 5. The average Bonchev–Trinajstić information content (AvgIpc) is 2.73. The van der Waals surface area contributed by atoms with Crippen LogP contribution in [0.2, 0.25) is 5.02 Å². The molecule has 1 atom stereocenters. The van der Waals surface area contributed by atoms with Crippen LogP contribution in [0.4, 0.5) is 5.69 Å². The Morgan fingerprint density at radius 1 is 1.16 bits per heavy atom. The van der Waals surface area contributed by atoms with E-state index in [9.17, 15) is 18.0 Å². The van der Waals surface area contributed by atoms with Crippen LogP contribution in [-0.2, 0) is 10.0 Å². The summed E-state index contributed by atoms with van der Waals surface area (Å²) in [6.07, 6.45) is 1.76. The first-order valence-corrected chi connectivity index (χ1v) is 11.9. The smallest absolute Gasteiger partial charge is 0.255 e. The lowest BCUT2D eigenvalue weighted by Gasteiger charge is -2.30. The summed E-state index contributed by atoms with van der Waals surface area (Å²) in [6, 6.07) is 9.29. The zero-order valence-electron chi connectivity index (χ0n) is 17.7. The Labute approximate surface area is 187 Å². The summed E-state index contributed by atoms with van der Waals surface area (Å²) in [5.41, 5.74) is 1.53. The fraction of sp³-hybridized carbons (Fsp3) is 0.364. The quantitative estimate of drug-likeness (QED) is 0.707. The van der Waals surface area contributed by atoms with Crippen LogP contribution in [0.25, 0.3) is 0 Å². The molecule has 1 saturated heterocycles. The monoisotopic (exact) mass is 463 g/mol. The molecule has 0 aliphatic carbocycles. The van der Waals surface area contributed by atoms with Gasteiger partial charge in [-0.2, -0.15) is 4.31 Å². The molecule has 2 aromatic carbocycles. The molecule has 1 aliphatic heterocycles. The van der Waals surface area contributed by atoms with Gasteiger partial charge in [0.2, 0.25) is 10.0 Å². The van der Waals surface area contributed by atoms with Gasteiger partial charge in [0.05, 0.1) is 16.3 Å². The molecule has 0 aromatic heterocycles. The number of amides is 2. The fourth-order valence-electron chi connectivity index (χ4n) is 3.74. The van der Waals surface area contributed by atoms with E-state index in [1.165, 1.54) is 29.6 Å². The first-order chi connectivity index (χ1) is 14.6. The van der Waals surface area contributed by atoms with Gasteiger partial charge in [-0.15, -0.1) is 0 Å². The topological polar surface area (TPSA) is 95.6 Å². The normalized spacial score (nSPS) is 17.2. The molecule has 166 valence electrons. The lowest BCUT2D eigenvalue weighted by molar-refractivity contribution is 0.0963. The van der Waals surface area contributed by atoms with Crippen LogP contribution in [0.5, 0.6) is 0 Å². The van der Waals surface area contributed by atoms with Crippen molar-refractivity contribution in [1.29, 1.82) is 0 Å². The second-order valence-corrected chi connectivity index (χ2v) is 10.1. The van der Waals surface area contributed by atoms with Crippen molar-refractivity contribution in [2.75, 3.05) is 25.5 Å². The molecule has 1 aliphatic rings. The number of piperidine rings is 1. The fourth-order valence-corrected chi connectivity index (χ4v) is 5.84. The van der Waals surface area contributed by atoms with Crippen LogP contribution in [0, 0.1) is 12.8 Å². The van der Waals surface area contributed by atoms with E-state index in [2.05, 4.69) is 10.6 Å². The van der Waals surface area contributed by atoms with Gasteiger partial charge in [-0.1, -0.05) is 30.7 Å². The minimum absolute atomic E-state index is 0.0661. The average molecular weight is 464 g/mol. The number of carbonyl (C=O) groups is 2. The van der Waals surface area contributed by atoms with Crippen LogP contribution in [0.15, 0.2) is 41.3 Å². The zero-order chi connectivity index (χ0) is 22.8. The number of halogens is 1. The van der Waals surface area contributed by atoms with Gasteiger partial charge in [0, 0.05) is 25.7 Å². The maximum Gasteiger partial charge on any atom is 0.255 e. The largest absolute Gasteiger partial charge is 0.355 e. The van der Waals surface area contributed by atoms with E-state index in [-0.39, 0.29) is 27.3 Å². The Morgan fingerprint density at radius 2 is 1.90 bits per heavy atom. The Bertz CT molecular complexity index is 1120. The third kappa shape index (κ3) is 4.92. The van der Waals surface area contributed by atoms with Crippen molar-refractivity contribution in [2.45, 2.75) is 31.6 Å². The molecule has 2 aromatic rings. The predicted octanol–water partition coefficient (Wildman–Crippen LogP) is 3.68. The second-order valence-electron chi connectivity index (χ2n) is 7.79. The van der Waals surface area contributed by atoms with E-state index in [4.69, 9.17) is 11.6 Å². The second kappa shape index (κ2) is 9.38. The Hall–Kier alpha value is -2.42. The number of aryl methyl sites for hydroxylation is 1. The van der Waals surface area contributed by atoms with Crippen LogP contribution in [0.1, 0.15) is 46.0 Å². The minimum atomic E-state index is -3.83. The van der Waals surface area contributed by atoms with E-state index in [1.54, 1.807) is 25.1 Å². The van der Waals surface area contributed by atoms with Crippen LogP contribution >= 0.6 is 11.6 Å². The summed E-state index contributed by atoms with van der Waals surface area (Å²) in [6.45, 7) is 4.64. The van der Waals surface area contributed by atoms with Gasteiger partial charge in [0.25, 0.3) is 11.8 Å². The van der Waals surface area contributed by atoms with Gasteiger partial charge in [-0.25, -0.2) is 8.42 Å². The predicted molar refractivity (Wildman–Crippen MR) is 121 cm³/mol. The Balaban J connectivity index is 1.93. The summed E-state index contributed by atoms with van der Waals surface area (Å²) in [5, 5.41) is 5.34. The maximum absolute atomic E-state index is 13.2. The molecule has 31 heavy (non-hydrogen) atoms. The number of anilines is 1. The van der Waals surface area contributed by atoms with Crippen molar-refractivity contribution in [1.82, 2.24) is 9.62 Å². The van der Waals surface area contributed by atoms with E-state index < -0.39 is 15.9 Å². The highest BCUT2D eigenvalue weighted by Gasteiger charge is 2.31. The van der Waals surface area contributed by atoms with Crippen LogP contribution in [0.3, 0.4) is 0 Å². The van der Waals surface area contributed by atoms with Crippen molar-refractivity contribution < 1.29 is 18.0 Å². The van der Waals surface area contributed by atoms with Crippen molar-refractivity contribution in [2.24, 2.45) is 5.92 Å². The van der Waals surface area contributed by atoms with Gasteiger partial charge in [-0.05, 0) is 55.5 Å². The number of benzene rings is 2. The third-order valence-corrected chi connectivity index (χ3v) is 7.75. The molecule has 2 N–H and O–H groups in total. The van der Waals surface area contributed by atoms with E-state index in [0.717, 1.165) is 12.8 Å². The van der Waals surface area contributed by atoms with Crippen molar-refractivity contribution in [3.8, 4) is 0 Å². The van der Waals surface area contributed by atoms with Crippen LogP contribution < -0.4 is 10.6 Å². The lowest BCUT2D eigenvalue weighted by atomic mass is 10.0. The number of carbonyl (C=O) groups excluding carboxylic acids is 2. The third-order valence-electron chi connectivity index (χ3n) is 5.41. The lowest BCUT2D eigenvalue weighted by Crippen LogP contribution is -2.39. The highest BCUT2D eigenvalue weighted by atomic mass is 35.5. The summed E-state index contributed by atoms with van der Waals surface area (Å²) < 4.78 is 27.8. The zero-order valence-corrected chi connectivity index (χ0v) is 19.3. The molecule has 0 radical (unpaired) electrons. The van der Waals surface area contributed by atoms with Gasteiger partial charge in [-0.3, -0.25) is 9.59 Å². The highest BCUT2D eigenvalue weighted by Crippen LogP contribution is 2.29. The molecule has 0 bridgehead atoms. The number of nitrogens with one attached hydrogen (secondary N) is 2. The molecule has 1 fully saturated rings. The van der Waals surface area contributed by atoms with Gasteiger partial charge in [0.15, 0.2) is 0 Å². The molecule has 1 heterocycles. The van der Waals surface area contributed by atoms with Crippen LogP contribution in [-0.4, -0.2) is 44.7 Å². The van der Waals surface area contributed by atoms with Gasteiger partial charge < -0.3 is 10.6 Å². The summed E-state index contributed by atoms with van der Waals surface area (Å²) in [4.78, 5) is 25.1. The first kappa shape index (κ1) is 23.2. The van der Waals surface area contributed by atoms with Crippen molar-refractivity contribution >= 4 is 39.1 Å². The Kier molecular flexibility index (Phi) is 7.03. The summed E-state index contributed by atoms with van der Waals surface area (Å²) >= 11 is 6.22. The summed E-state index contributed by atoms with van der Waals surface area (Å²) in [7, 11) is -2.32. The number of hydrogen-bond donors (Lipinski definition) is 2. The van der Waals surface area contributed by atoms with Crippen molar-refractivity contribution in [3.05, 3.63) is 58.1 Å². The van der Waals surface area contributed by atoms with Gasteiger partial charge >= 0.3 is 0 Å². The number of nitrogens with zero attached hydrogens (tertiary/aromatic N) is 1.